The van der Waals surface area contributed by atoms with Crippen molar-refractivity contribution in [3.8, 4) is 11.8 Å². The number of nitriles is 1. The molecule has 0 radical (unpaired) electrons. The van der Waals surface area contributed by atoms with E-state index in [0.717, 1.165) is 31.3 Å². The second-order valence-corrected chi connectivity index (χ2v) is 9.28. The van der Waals surface area contributed by atoms with Crippen LogP contribution in [0.25, 0.3) is 5.57 Å². The summed E-state index contributed by atoms with van der Waals surface area (Å²) in [5, 5.41) is 22.7. The predicted molar refractivity (Wildman–Crippen MR) is 131 cm³/mol. The molecule has 0 saturated heterocycles. The zero-order chi connectivity index (χ0) is 30.2. The molecule has 1 fully saturated rings. The zero-order valence-corrected chi connectivity index (χ0v) is 21.8. The molecule has 1 aromatic carbocycles. The molecule has 1 aromatic heterocycles. The number of imide groups is 1. The van der Waals surface area contributed by atoms with Crippen LogP contribution in [-0.2, 0) is 17.8 Å². The highest BCUT2D eigenvalue weighted by Crippen LogP contribution is 2.48. The van der Waals surface area contributed by atoms with Gasteiger partial charge in [-0.2, -0.15) is 36.7 Å². The number of rotatable bonds is 10. The van der Waals surface area contributed by atoms with Gasteiger partial charge in [0.2, 0.25) is 5.91 Å². The van der Waals surface area contributed by atoms with Crippen LogP contribution in [0.4, 0.5) is 32.2 Å². The van der Waals surface area contributed by atoms with E-state index in [9.17, 15) is 41.2 Å². The lowest BCUT2D eigenvalue weighted by Gasteiger charge is -2.24. The number of halogens is 7. The first-order valence-electron chi connectivity index (χ1n) is 11.3. The average molecular weight is 591 g/mol. The van der Waals surface area contributed by atoms with E-state index in [1.54, 1.807) is 0 Å². The van der Waals surface area contributed by atoms with E-state index in [0.29, 0.717) is 4.68 Å². The fraction of sp³-hybridized carbons (Fsp3) is 0.375. The molecule has 0 aliphatic heterocycles. The zero-order valence-electron chi connectivity index (χ0n) is 21.0. The number of hydrogen-bond acceptors (Lipinski definition) is 7. The van der Waals surface area contributed by atoms with E-state index in [4.69, 9.17) is 17.0 Å². The number of aryl methyl sites for hydroxylation is 1. The van der Waals surface area contributed by atoms with Gasteiger partial charge in [0.25, 0.3) is 5.91 Å². The van der Waals surface area contributed by atoms with Crippen LogP contribution in [0.3, 0.4) is 0 Å². The molecule has 2 amide bonds. The molecule has 2 aromatic rings. The minimum Gasteiger partial charge on any atom is -0.429 e. The van der Waals surface area contributed by atoms with E-state index in [1.165, 1.54) is 18.2 Å². The molecule has 16 heteroatoms. The Morgan fingerprint density at radius 3 is 2.42 bits per heavy atom. The molecule has 1 heterocycles. The highest BCUT2D eigenvalue weighted by molar-refractivity contribution is 6.34. The van der Waals surface area contributed by atoms with Gasteiger partial charge in [-0.25, -0.2) is 4.68 Å². The lowest BCUT2D eigenvalue weighted by Crippen LogP contribution is -2.44. The minimum absolute atomic E-state index is 0.0696. The Morgan fingerprint density at radius 2 is 1.95 bits per heavy atom. The Kier molecular flexibility index (Phi) is 8.26. The summed E-state index contributed by atoms with van der Waals surface area (Å²) >= 11 is 6.18. The maximum atomic E-state index is 14.4. The van der Waals surface area contributed by atoms with Crippen LogP contribution >= 0.6 is 11.6 Å². The van der Waals surface area contributed by atoms with Gasteiger partial charge in [0.1, 0.15) is 5.54 Å². The van der Waals surface area contributed by atoms with Gasteiger partial charge in [-0.15, -0.1) is 0 Å². The van der Waals surface area contributed by atoms with Gasteiger partial charge in [-0.3, -0.25) is 14.5 Å². The maximum absolute atomic E-state index is 14.4. The Morgan fingerprint density at radius 1 is 1.32 bits per heavy atom. The number of anilines is 1. The van der Waals surface area contributed by atoms with Gasteiger partial charge in [0, 0.05) is 38.9 Å². The largest absolute Gasteiger partial charge is 0.429 e. The third-order valence-corrected chi connectivity index (χ3v) is 6.32. The van der Waals surface area contributed by atoms with Gasteiger partial charge >= 0.3 is 18.5 Å². The van der Waals surface area contributed by atoms with Crippen LogP contribution in [0.15, 0.2) is 24.4 Å². The first kappa shape index (κ1) is 30.5. The van der Waals surface area contributed by atoms with Crippen molar-refractivity contribution in [1.29, 1.82) is 10.7 Å². The number of ether oxygens (including phenoxy) is 1. The average Bonchev–Trinajstić information content (AvgIpc) is 3.57. The van der Waals surface area contributed by atoms with Gasteiger partial charge in [0.15, 0.2) is 17.3 Å². The molecule has 0 unspecified atom stereocenters. The number of nitrogens with one attached hydrogen (secondary N) is 2. The summed E-state index contributed by atoms with van der Waals surface area (Å²) in [5.41, 5.74) is -3.20. The van der Waals surface area contributed by atoms with Crippen LogP contribution in [0, 0.1) is 16.7 Å². The van der Waals surface area contributed by atoms with E-state index in [2.05, 4.69) is 15.2 Å². The highest BCUT2D eigenvalue weighted by atomic mass is 35.5. The number of allylic oxidation sites excluding steroid dienone is 1. The molecule has 3 rings (SSSR count). The number of aromatic nitrogens is 2. The first-order valence-corrected chi connectivity index (χ1v) is 11.7. The molecule has 0 atom stereocenters. The second kappa shape index (κ2) is 10.8. The van der Waals surface area contributed by atoms with Crippen molar-refractivity contribution in [3.63, 3.8) is 0 Å². The summed E-state index contributed by atoms with van der Waals surface area (Å²) < 4.78 is 86.7. The van der Waals surface area contributed by atoms with E-state index < -0.39 is 53.1 Å². The molecule has 1 aliphatic rings. The van der Waals surface area contributed by atoms with Crippen molar-refractivity contribution in [1.82, 2.24) is 14.7 Å². The number of hydrogen-bond donors (Lipinski definition) is 2. The van der Waals surface area contributed by atoms with Crippen molar-refractivity contribution in [2.45, 2.75) is 50.7 Å². The summed E-state index contributed by atoms with van der Waals surface area (Å²) in [6.07, 6.45) is 2.26. The summed E-state index contributed by atoms with van der Waals surface area (Å²) in [7, 11) is 1.00. The molecular formula is C24H21ClF6N6O3. The van der Waals surface area contributed by atoms with E-state index >= 15 is 0 Å². The molecular weight excluding hydrogens is 570 g/mol. The fourth-order valence-corrected chi connectivity index (χ4v) is 3.96. The smallest absolute Gasteiger partial charge is 0.387 e. The Balaban J connectivity index is 2.04. The molecule has 214 valence electrons. The maximum Gasteiger partial charge on any atom is 0.387 e. The third-order valence-electron chi connectivity index (χ3n) is 5.99. The minimum atomic E-state index is -4.99. The lowest BCUT2D eigenvalue weighted by atomic mass is 10.0. The van der Waals surface area contributed by atoms with Gasteiger partial charge in [-0.05, 0) is 30.5 Å². The van der Waals surface area contributed by atoms with Crippen molar-refractivity contribution in [3.05, 3.63) is 46.2 Å². The molecule has 0 bridgehead atoms. The topological polar surface area (TPSA) is 124 Å². The number of alkyl halides is 6. The van der Waals surface area contributed by atoms with E-state index in [1.807, 2.05) is 6.07 Å². The van der Waals surface area contributed by atoms with E-state index in [-0.39, 0.29) is 41.5 Å². The molecule has 1 saturated carbocycles. The summed E-state index contributed by atoms with van der Waals surface area (Å²) in [4.78, 5) is 26.2. The first-order chi connectivity index (χ1) is 18.5. The predicted octanol–water partition coefficient (Wildman–Crippen LogP) is 5.57. The molecule has 0 spiro atoms. The molecule has 1 aliphatic carbocycles. The molecule has 9 nitrogen and oxygen atoms in total. The van der Waals surface area contributed by atoms with Crippen molar-refractivity contribution in [2.24, 2.45) is 7.05 Å². The summed E-state index contributed by atoms with van der Waals surface area (Å²) in [6, 6.07) is 5.76. The Labute approximate surface area is 228 Å². The van der Waals surface area contributed by atoms with Crippen molar-refractivity contribution in [2.75, 3.05) is 5.32 Å². The fourth-order valence-electron chi connectivity index (χ4n) is 3.76. The van der Waals surface area contributed by atoms with Crippen LogP contribution < -0.4 is 10.1 Å². The number of benzene rings is 1. The van der Waals surface area contributed by atoms with Crippen molar-refractivity contribution < 1.29 is 40.7 Å². The number of carbonyl (C=O) groups excluding carboxylic acids is 2. The quantitative estimate of drug-likeness (QED) is 0.275. The number of carbonyl (C=O) groups is 2. The standard InChI is InChI=1S/C24H21ClF6N6O3/c1-12(38)37(23(11-33)6-7-23)20(39)15-8-13(4-5-16(15)25)14(9-32)10-34-19-17(40-21(26)27)18(35-36(19)3)24(30,31)22(2,28)29/h4-5,8-10,21,32,34H,6-7H2,1-3H3/b14-10+,32-9?. The van der Waals surface area contributed by atoms with Gasteiger partial charge in [-0.1, -0.05) is 17.7 Å². The van der Waals surface area contributed by atoms with Crippen LogP contribution in [0.2, 0.25) is 5.02 Å². The highest BCUT2D eigenvalue weighted by Gasteiger charge is 2.58. The van der Waals surface area contributed by atoms with Gasteiger partial charge in [0.05, 0.1) is 16.7 Å². The van der Waals surface area contributed by atoms with Crippen LogP contribution in [0.5, 0.6) is 5.75 Å². The monoisotopic (exact) mass is 590 g/mol. The van der Waals surface area contributed by atoms with Crippen LogP contribution in [0.1, 0.15) is 48.3 Å². The summed E-state index contributed by atoms with van der Waals surface area (Å²) in [5.74, 6) is -13.2. The molecule has 40 heavy (non-hydrogen) atoms. The van der Waals surface area contributed by atoms with Gasteiger partial charge < -0.3 is 15.5 Å². The number of amides is 2. The lowest BCUT2D eigenvalue weighted by molar-refractivity contribution is -0.208. The molecule has 2 N–H and O–H groups in total. The third kappa shape index (κ3) is 5.62. The SMILES string of the molecule is CC(=O)N(C(=O)c1cc(/C(C=N)=C/Nc2c(OC(F)F)c(C(F)(F)C(C)(F)F)nn2C)ccc1Cl)C1(C#N)CC1. The van der Waals surface area contributed by atoms with Crippen LogP contribution in [-0.4, -0.2) is 50.8 Å². The van der Waals surface area contributed by atoms with Crippen molar-refractivity contribution >= 4 is 41.0 Å². The second-order valence-electron chi connectivity index (χ2n) is 8.88. The Bertz CT molecular complexity index is 1430. The Hall–Kier alpha value is -4.06. The normalized spacial score (nSPS) is 14.9. The number of nitrogens with zero attached hydrogens (tertiary/aromatic N) is 4. The summed E-state index contributed by atoms with van der Waals surface area (Å²) in [6.45, 7) is -2.67.